The Bertz CT molecular complexity index is 532. The fourth-order valence-electron chi connectivity index (χ4n) is 2.14. The van der Waals surface area contributed by atoms with Gasteiger partial charge in [0.05, 0.1) is 12.8 Å². The quantitative estimate of drug-likeness (QED) is 0.822. The van der Waals surface area contributed by atoms with Crippen molar-refractivity contribution in [3.05, 3.63) is 48.0 Å². The van der Waals surface area contributed by atoms with Crippen molar-refractivity contribution in [2.24, 2.45) is 0 Å². The van der Waals surface area contributed by atoms with Crippen molar-refractivity contribution in [2.75, 3.05) is 12.8 Å². The first kappa shape index (κ1) is 12.5. The monoisotopic (exact) mass is 241 g/mol. The van der Waals surface area contributed by atoms with Crippen LogP contribution in [-0.2, 0) is 0 Å². The Hall–Kier alpha value is -1.96. The SMILES string of the molecule is COc1c(N)cc(-c2ccccc2)cc1C(C)C. The van der Waals surface area contributed by atoms with Gasteiger partial charge in [0, 0.05) is 0 Å². The summed E-state index contributed by atoms with van der Waals surface area (Å²) in [6.45, 7) is 4.29. The Labute approximate surface area is 108 Å². The maximum absolute atomic E-state index is 6.08. The molecule has 0 aromatic heterocycles. The third kappa shape index (κ3) is 2.33. The van der Waals surface area contributed by atoms with Crippen LogP contribution in [0.3, 0.4) is 0 Å². The summed E-state index contributed by atoms with van der Waals surface area (Å²) in [7, 11) is 1.67. The molecule has 0 saturated heterocycles. The molecule has 0 heterocycles. The summed E-state index contributed by atoms with van der Waals surface area (Å²) in [5.74, 6) is 1.18. The molecule has 0 amide bonds. The third-order valence-electron chi connectivity index (χ3n) is 3.08. The van der Waals surface area contributed by atoms with Gasteiger partial charge in [-0.05, 0) is 34.7 Å². The highest BCUT2D eigenvalue weighted by atomic mass is 16.5. The Morgan fingerprint density at radius 1 is 1.00 bits per heavy atom. The van der Waals surface area contributed by atoms with Gasteiger partial charge in [0.1, 0.15) is 5.75 Å². The number of nitrogens with two attached hydrogens (primary N) is 1. The number of methoxy groups -OCH3 is 1. The van der Waals surface area contributed by atoms with Crippen molar-refractivity contribution >= 4 is 5.69 Å². The number of ether oxygens (including phenoxy) is 1. The van der Waals surface area contributed by atoms with Gasteiger partial charge < -0.3 is 10.5 Å². The molecule has 94 valence electrons. The summed E-state index contributed by atoms with van der Waals surface area (Å²) >= 11 is 0. The molecule has 2 rings (SSSR count). The van der Waals surface area contributed by atoms with Gasteiger partial charge in [0.25, 0.3) is 0 Å². The van der Waals surface area contributed by atoms with Crippen LogP contribution in [0.5, 0.6) is 5.75 Å². The van der Waals surface area contributed by atoms with Gasteiger partial charge in [-0.25, -0.2) is 0 Å². The summed E-state index contributed by atoms with van der Waals surface area (Å²) in [6, 6.07) is 14.4. The molecule has 18 heavy (non-hydrogen) atoms. The molecule has 2 nitrogen and oxygen atoms in total. The molecule has 2 heteroatoms. The predicted octanol–water partition coefficient (Wildman–Crippen LogP) is 4.07. The lowest BCUT2D eigenvalue weighted by Gasteiger charge is -2.16. The highest BCUT2D eigenvalue weighted by Crippen LogP contribution is 2.36. The van der Waals surface area contributed by atoms with Crippen LogP contribution in [0.25, 0.3) is 11.1 Å². The number of benzene rings is 2. The van der Waals surface area contributed by atoms with Crippen molar-refractivity contribution < 1.29 is 4.74 Å². The smallest absolute Gasteiger partial charge is 0.145 e. The summed E-state index contributed by atoms with van der Waals surface area (Å²) in [6.07, 6.45) is 0. The standard InChI is InChI=1S/C16H19NO/c1-11(2)14-9-13(10-15(17)16(14)18-3)12-7-5-4-6-8-12/h4-11H,17H2,1-3H3. The largest absolute Gasteiger partial charge is 0.494 e. The number of nitrogen functional groups attached to an aromatic ring is 1. The molecule has 0 unspecified atom stereocenters. The lowest BCUT2D eigenvalue weighted by atomic mass is 9.95. The number of rotatable bonds is 3. The van der Waals surface area contributed by atoms with Gasteiger partial charge in [-0.3, -0.25) is 0 Å². The molecule has 0 fully saturated rings. The maximum Gasteiger partial charge on any atom is 0.145 e. The third-order valence-corrected chi connectivity index (χ3v) is 3.08. The van der Waals surface area contributed by atoms with E-state index >= 15 is 0 Å². The normalized spacial score (nSPS) is 10.7. The van der Waals surface area contributed by atoms with Gasteiger partial charge in [-0.2, -0.15) is 0 Å². The zero-order valence-corrected chi connectivity index (χ0v) is 11.1. The second kappa shape index (κ2) is 5.13. The minimum Gasteiger partial charge on any atom is -0.494 e. The lowest BCUT2D eigenvalue weighted by Crippen LogP contribution is -2.00. The second-order valence-electron chi connectivity index (χ2n) is 4.71. The molecule has 0 radical (unpaired) electrons. The van der Waals surface area contributed by atoms with Crippen LogP contribution in [-0.4, -0.2) is 7.11 Å². The van der Waals surface area contributed by atoms with E-state index in [0.717, 1.165) is 16.9 Å². The molecule has 0 aliphatic heterocycles. The average Bonchev–Trinajstić information content (AvgIpc) is 2.38. The van der Waals surface area contributed by atoms with E-state index in [1.54, 1.807) is 7.11 Å². The van der Waals surface area contributed by atoms with E-state index in [4.69, 9.17) is 10.5 Å². The zero-order valence-electron chi connectivity index (χ0n) is 11.1. The van der Waals surface area contributed by atoms with Crippen LogP contribution in [0.2, 0.25) is 0 Å². The van der Waals surface area contributed by atoms with Gasteiger partial charge in [-0.15, -0.1) is 0 Å². The number of hydrogen-bond donors (Lipinski definition) is 1. The van der Waals surface area contributed by atoms with Crippen LogP contribution in [0.15, 0.2) is 42.5 Å². The molecule has 0 atom stereocenters. The van der Waals surface area contributed by atoms with Gasteiger partial charge in [0.15, 0.2) is 0 Å². The van der Waals surface area contributed by atoms with Crippen molar-refractivity contribution in [1.82, 2.24) is 0 Å². The molecule has 2 aromatic carbocycles. The first-order valence-corrected chi connectivity index (χ1v) is 6.16. The van der Waals surface area contributed by atoms with Crippen LogP contribution in [0, 0.1) is 0 Å². The van der Waals surface area contributed by atoms with E-state index in [-0.39, 0.29) is 0 Å². The van der Waals surface area contributed by atoms with Gasteiger partial charge in [-0.1, -0.05) is 44.2 Å². The Balaban J connectivity index is 2.58. The summed E-state index contributed by atoms with van der Waals surface area (Å²) in [4.78, 5) is 0. The maximum atomic E-state index is 6.08. The summed E-state index contributed by atoms with van der Waals surface area (Å²) < 4.78 is 5.40. The summed E-state index contributed by atoms with van der Waals surface area (Å²) in [5, 5.41) is 0. The molecule has 0 bridgehead atoms. The van der Waals surface area contributed by atoms with E-state index in [2.05, 4.69) is 32.0 Å². The molecule has 0 aliphatic carbocycles. The number of anilines is 1. The molecule has 0 spiro atoms. The van der Waals surface area contributed by atoms with Crippen molar-refractivity contribution in [1.29, 1.82) is 0 Å². The average molecular weight is 241 g/mol. The molecule has 0 aliphatic rings. The Kier molecular flexibility index (Phi) is 3.56. The topological polar surface area (TPSA) is 35.2 Å². The summed E-state index contributed by atoms with van der Waals surface area (Å²) in [5.41, 5.74) is 10.2. The fraction of sp³-hybridized carbons (Fsp3) is 0.250. The first-order valence-electron chi connectivity index (χ1n) is 6.16. The van der Waals surface area contributed by atoms with Crippen LogP contribution < -0.4 is 10.5 Å². The van der Waals surface area contributed by atoms with E-state index in [0.29, 0.717) is 11.6 Å². The molecule has 0 saturated carbocycles. The van der Waals surface area contributed by atoms with Gasteiger partial charge >= 0.3 is 0 Å². The first-order chi connectivity index (χ1) is 8.63. The molecule has 2 N–H and O–H groups in total. The number of hydrogen-bond acceptors (Lipinski definition) is 2. The Morgan fingerprint density at radius 3 is 2.22 bits per heavy atom. The highest BCUT2D eigenvalue weighted by molar-refractivity contribution is 5.73. The van der Waals surface area contributed by atoms with Crippen LogP contribution in [0.4, 0.5) is 5.69 Å². The van der Waals surface area contributed by atoms with E-state index in [1.807, 2.05) is 24.3 Å². The van der Waals surface area contributed by atoms with Crippen LogP contribution in [0.1, 0.15) is 25.3 Å². The van der Waals surface area contributed by atoms with Crippen molar-refractivity contribution in [3.63, 3.8) is 0 Å². The fourth-order valence-corrected chi connectivity index (χ4v) is 2.14. The van der Waals surface area contributed by atoms with Gasteiger partial charge in [0.2, 0.25) is 0 Å². The predicted molar refractivity (Wildman–Crippen MR) is 76.9 cm³/mol. The van der Waals surface area contributed by atoms with Crippen molar-refractivity contribution in [2.45, 2.75) is 19.8 Å². The lowest BCUT2D eigenvalue weighted by molar-refractivity contribution is 0.410. The van der Waals surface area contributed by atoms with Crippen LogP contribution >= 0.6 is 0 Å². The van der Waals surface area contributed by atoms with E-state index in [9.17, 15) is 0 Å². The minimum atomic E-state index is 0.380. The second-order valence-corrected chi connectivity index (χ2v) is 4.71. The Morgan fingerprint density at radius 2 is 1.67 bits per heavy atom. The van der Waals surface area contributed by atoms with E-state index in [1.165, 1.54) is 5.56 Å². The minimum absolute atomic E-state index is 0.380. The molecular weight excluding hydrogens is 222 g/mol. The molecule has 2 aromatic rings. The van der Waals surface area contributed by atoms with Crippen molar-refractivity contribution in [3.8, 4) is 16.9 Å². The van der Waals surface area contributed by atoms with E-state index < -0.39 is 0 Å². The zero-order chi connectivity index (χ0) is 13.1. The highest BCUT2D eigenvalue weighted by Gasteiger charge is 2.13. The molecular formula is C16H19NO.